The fourth-order valence-electron chi connectivity index (χ4n) is 2.37. The lowest BCUT2D eigenvalue weighted by molar-refractivity contribution is 0.513. The molecule has 0 aliphatic carbocycles. The zero-order chi connectivity index (χ0) is 14.5. The van der Waals surface area contributed by atoms with E-state index in [0.717, 1.165) is 25.9 Å². The van der Waals surface area contributed by atoms with Crippen LogP contribution in [0.2, 0.25) is 0 Å². The quantitative estimate of drug-likeness (QED) is 0.839. The summed E-state index contributed by atoms with van der Waals surface area (Å²) in [7, 11) is 0. The minimum Gasteiger partial charge on any atom is -0.335 e. The zero-order valence-electron chi connectivity index (χ0n) is 12.9. The molecule has 0 spiro atoms. The summed E-state index contributed by atoms with van der Waals surface area (Å²) in [5.41, 5.74) is 1.40. The number of hydrogen-bond donors (Lipinski definition) is 1. The highest BCUT2D eigenvalue weighted by atomic mass is 32.1. The predicted octanol–water partition coefficient (Wildman–Crippen LogP) is 3.86. The molecule has 0 radical (unpaired) electrons. The van der Waals surface area contributed by atoms with E-state index in [9.17, 15) is 0 Å². The molecule has 4 heteroatoms. The largest absolute Gasteiger partial charge is 0.335 e. The first-order valence-corrected chi connectivity index (χ1v) is 8.27. The molecule has 20 heavy (non-hydrogen) atoms. The van der Waals surface area contributed by atoms with Crippen molar-refractivity contribution in [3.05, 3.63) is 39.6 Å². The number of nitrogens with zero attached hydrogens (tertiary/aromatic N) is 2. The minimum atomic E-state index is 0.375. The highest BCUT2D eigenvalue weighted by molar-refractivity contribution is 7.12. The van der Waals surface area contributed by atoms with E-state index in [1.165, 1.54) is 21.1 Å². The van der Waals surface area contributed by atoms with Crippen molar-refractivity contribution in [2.75, 3.05) is 6.54 Å². The highest BCUT2D eigenvalue weighted by Gasteiger charge is 2.17. The fourth-order valence-corrected chi connectivity index (χ4v) is 3.48. The Morgan fingerprint density at radius 1 is 1.35 bits per heavy atom. The molecule has 110 valence electrons. The van der Waals surface area contributed by atoms with Gasteiger partial charge in [0.2, 0.25) is 0 Å². The molecule has 1 N–H and O–H groups in total. The zero-order valence-corrected chi connectivity index (χ0v) is 13.8. The number of rotatable bonds is 7. The third-order valence-electron chi connectivity index (χ3n) is 3.70. The molecule has 0 aromatic carbocycles. The first kappa shape index (κ1) is 15.3. The van der Waals surface area contributed by atoms with E-state index in [-0.39, 0.29) is 0 Å². The van der Waals surface area contributed by atoms with Gasteiger partial charge in [-0.15, -0.1) is 11.3 Å². The number of nitrogens with one attached hydrogen (secondary N) is 1. The molecule has 1 unspecified atom stereocenters. The van der Waals surface area contributed by atoms with Crippen LogP contribution in [0.1, 0.15) is 47.5 Å². The predicted molar refractivity (Wildman–Crippen MR) is 86.4 cm³/mol. The molecule has 2 aromatic heterocycles. The molecule has 0 aliphatic rings. The minimum absolute atomic E-state index is 0.375. The van der Waals surface area contributed by atoms with Crippen LogP contribution in [0.3, 0.4) is 0 Å². The van der Waals surface area contributed by atoms with E-state index in [1.807, 2.05) is 17.5 Å². The lowest BCUT2D eigenvalue weighted by Gasteiger charge is -2.17. The molecule has 2 aromatic rings. The van der Waals surface area contributed by atoms with Gasteiger partial charge in [-0.2, -0.15) is 0 Å². The lowest BCUT2D eigenvalue weighted by Crippen LogP contribution is -2.24. The Balaban J connectivity index is 2.19. The smallest absolute Gasteiger partial charge is 0.110 e. The number of hydrogen-bond acceptors (Lipinski definition) is 3. The standard InChI is InChI=1S/C16H25N3S/c1-5-7-17-14(15-10-12(3)13(4)20-15)11-16-18-8-9-19(16)6-2/h8-10,14,17H,5-7,11H2,1-4H3. The van der Waals surface area contributed by atoms with E-state index in [2.05, 4.69) is 54.8 Å². The Bertz CT molecular complexity index is 522. The van der Waals surface area contributed by atoms with Gasteiger partial charge in [-0.25, -0.2) is 4.98 Å². The molecule has 0 amide bonds. The van der Waals surface area contributed by atoms with Crippen LogP contribution in [-0.2, 0) is 13.0 Å². The molecule has 0 saturated carbocycles. The van der Waals surface area contributed by atoms with Gasteiger partial charge in [0.15, 0.2) is 0 Å². The summed E-state index contributed by atoms with van der Waals surface area (Å²) in [6.07, 6.45) is 6.08. The fraction of sp³-hybridized carbons (Fsp3) is 0.562. The Labute approximate surface area is 126 Å². The van der Waals surface area contributed by atoms with Gasteiger partial charge in [-0.05, 0) is 45.4 Å². The Morgan fingerprint density at radius 3 is 2.75 bits per heavy atom. The molecule has 3 nitrogen and oxygen atoms in total. The third kappa shape index (κ3) is 3.49. The van der Waals surface area contributed by atoms with Gasteiger partial charge in [0.05, 0.1) is 0 Å². The van der Waals surface area contributed by atoms with Crippen LogP contribution in [0.25, 0.3) is 0 Å². The van der Waals surface area contributed by atoms with E-state index in [0.29, 0.717) is 6.04 Å². The molecular formula is C16H25N3S. The van der Waals surface area contributed by atoms with Crippen molar-refractivity contribution < 1.29 is 0 Å². The van der Waals surface area contributed by atoms with Crippen molar-refractivity contribution in [1.82, 2.24) is 14.9 Å². The maximum atomic E-state index is 4.52. The molecule has 2 rings (SSSR count). The number of imidazole rings is 1. The van der Waals surface area contributed by atoms with Crippen LogP contribution in [0.4, 0.5) is 0 Å². The lowest BCUT2D eigenvalue weighted by atomic mass is 10.1. The summed E-state index contributed by atoms with van der Waals surface area (Å²) in [4.78, 5) is 7.37. The van der Waals surface area contributed by atoms with Crippen molar-refractivity contribution in [3.8, 4) is 0 Å². The summed E-state index contributed by atoms with van der Waals surface area (Å²) in [6.45, 7) is 10.8. The first-order valence-electron chi connectivity index (χ1n) is 7.46. The second-order valence-corrected chi connectivity index (χ2v) is 6.52. The second kappa shape index (κ2) is 7.04. The molecule has 0 aliphatic heterocycles. The molecule has 2 heterocycles. The van der Waals surface area contributed by atoms with Crippen molar-refractivity contribution >= 4 is 11.3 Å². The summed E-state index contributed by atoms with van der Waals surface area (Å²) >= 11 is 1.91. The molecule has 0 bridgehead atoms. The van der Waals surface area contributed by atoms with Crippen LogP contribution in [0.15, 0.2) is 18.5 Å². The molecule has 1 atom stereocenters. The van der Waals surface area contributed by atoms with Crippen LogP contribution >= 0.6 is 11.3 Å². The average Bonchev–Trinajstić information content (AvgIpc) is 3.01. The summed E-state index contributed by atoms with van der Waals surface area (Å²) in [5, 5.41) is 3.67. The van der Waals surface area contributed by atoms with Gasteiger partial charge >= 0.3 is 0 Å². The van der Waals surface area contributed by atoms with Gasteiger partial charge in [0.25, 0.3) is 0 Å². The van der Waals surface area contributed by atoms with Crippen LogP contribution in [-0.4, -0.2) is 16.1 Å². The summed E-state index contributed by atoms with van der Waals surface area (Å²) in [5.74, 6) is 1.17. The van der Waals surface area contributed by atoms with E-state index < -0.39 is 0 Å². The summed E-state index contributed by atoms with van der Waals surface area (Å²) in [6, 6.07) is 2.70. The van der Waals surface area contributed by atoms with Crippen LogP contribution in [0, 0.1) is 13.8 Å². The van der Waals surface area contributed by atoms with Crippen LogP contribution in [0.5, 0.6) is 0 Å². The van der Waals surface area contributed by atoms with E-state index in [4.69, 9.17) is 0 Å². The van der Waals surface area contributed by atoms with E-state index in [1.54, 1.807) is 0 Å². The van der Waals surface area contributed by atoms with Crippen LogP contribution < -0.4 is 5.32 Å². The maximum absolute atomic E-state index is 4.52. The monoisotopic (exact) mass is 291 g/mol. The summed E-state index contributed by atoms with van der Waals surface area (Å²) < 4.78 is 2.23. The van der Waals surface area contributed by atoms with Gasteiger partial charge in [0, 0.05) is 41.2 Å². The highest BCUT2D eigenvalue weighted by Crippen LogP contribution is 2.28. The average molecular weight is 291 g/mol. The second-order valence-electron chi connectivity index (χ2n) is 5.23. The Morgan fingerprint density at radius 2 is 2.15 bits per heavy atom. The van der Waals surface area contributed by atoms with Gasteiger partial charge in [-0.1, -0.05) is 6.92 Å². The molecule has 0 saturated heterocycles. The van der Waals surface area contributed by atoms with E-state index >= 15 is 0 Å². The van der Waals surface area contributed by atoms with Gasteiger partial charge in [0.1, 0.15) is 5.82 Å². The maximum Gasteiger partial charge on any atom is 0.110 e. The van der Waals surface area contributed by atoms with Gasteiger partial charge < -0.3 is 9.88 Å². The molecule has 0 fully saturated rings. The topological polar surface area (TPSA) is 29.9 Å². The van der Waals surface area contributed by atoms with Crippen molar-refractivity contribution in [2.45, 2.75) is 53.1 Å². The Kier molecular flexibility index (Phi) is 5.38. The van der Waals surface area contributed by atoms with Crippen molar-refractivity contribution in [2.24, 2.45) is 0 Å². The first-order chi connectivity index (χ1) is 9.65. The normalized spacial score (nSPS) is 12.8. The third-order valence-corrected chi connectivity index (χ3v) is 4.96. The Hall–Kier alpha value is -1.13. The van der Waals surface area contributed by atoms with Crippen molar-refractivity contribution in [1.29, 1.82) is 0 Å². The number of aryl methyl sites for hydroxylation is 3. The van der Waals surface area contributed by atoms with Crippen molar-refractivity contribution in [3.63, 3.8) is 0 Å². The van der Waals surface area contributed by atoms with Gasteiger partial charge in [-0.3, -0.25) is 0 Å². The SMILES string of the molecule is CCCNC(Cc1nccn1CC)c1cc(C)c(C)s1. The number of aromatic nitrogens is 2. The molecular weight excluding hydrogens is 266 g/mol. The number of thiophene rings is 1.